The van der Waals surface area contributed by atoms with Gasteiger partial charge in [0.1, 0.15) is 6.61 Å². The molecule has 4 rings (SSSR count). The Morgan fingerprint density at radius 1 is 1.07 bits per heavy atom. The van der Waals surface area contributed by atoms with Crippen molar-refractivity contribution in [2.45, 2.75) is 91.4 Å². The molecule has 3 fully saturated rings. The predicted octanol–water partition coefficient (Wildman–Crippen LogP) is 5.91. The standard InChI is InChI=1S/C26H40O3/c1-4-5-6-15-29-17-24(28)23-10-9-21-20-8-7-18-16-19(27)11-13-25(18,2)22(20)12-14-26(21,23)3/h16,20-23H,4-15,17H2,1-3H3/t20-,21-,22-,23+,25-,26-/m0/s1. The van der Waals surface area contributed by atoms with E-state index >= 15 is 0 Å². The third kappa shape index (κ3) is 3.66. The van der Waals surface area contributed by atoms with Gasteiger partial charge in [0.05, 0.1) is 0 Å². The molecule has 4 aliphatic rings. The van der Waals surface area contributed by atoms with E-state index in [1.807, 2.05) is 6.08 Å². The second kappa shape index (κ2) is 8.29. The highest BCUT2D eigenvalue weighted by Gasteiger charge is 2.59. The van der Waals surface area contributed by atoms with Crippen molar-refractivity contribution in [2.75, 3.05) is 13.2 Å². The first-order valence-electron chi connectivity index (χ1n) is 12.2. The number of hydrogen-bond acceptors (Lipinski definition) is 3. The normalized spacial score (nSPS) is 41.3. The van der Waals surface area contributed by atoms with Gasteiger partial charge in [0, 0.05) is 18.9 Å². The lowest BCUT2D eigenvalue weighted by Crippen LogP contribution is -2.51. The van der Waals surface area contributed by atoms with Crippen molar-refractivity contribution in [3.8, 4) is 0 Å². The van der Waals surface area contributed by atoms with Crippen LogP contribution >= 0.6 is 0 Å². The third-order valence-corrected chi connectivity index (χ3v) is 9.49. The van der Waals surface area contributed by atoms with Crippen LogP contribution < -0.4 is 0 Å². The topological polar surface area (TPSA) is 43.4 Å². The third-order valence-electron chi connectivity index (χ3n) is 9.49. The Kier molecular flexibility index (Phi) is 6.08. The fourth-order valence-electron chi connectivity index (χ4n) is 7.82. The molecule has 0 aliphatic heterocycles. The number of allylic oxidation sites excluding steroid dienone is 1. The van der Waals surface area contributed by atoms with Gasteiger partial charge in [0.25, 0.3) is 0 Å². The molecule has 0 radical (unpaired) electrons. The van der Waals surface area contributed by atoms with Crippen molar-refractivity contribution in [3.63, 3.8) is 0 Å². The molecule has 6 atom stereocenters. The molecule has 0 aromatic rings. The quantitative estimate of drug-likeness (QED) is 0.499. The van der Waals surface area contributed by atoms with Crippen LogP contribution in [0.1, 0.15) is 91.4 Å². The van der Waals surface area contributed by atoms with Gasteiger partial charge < -0.3 is 4.74 Å². The number of unbranched alkanes of at least 4 members (excludes halogenated alkanes) is 2. The van der Waals surface area contributed by atoms with Crippen LogP contribution in [-0.4, -0.2) is 24.8 Å². The van der Waals surface area contributed by atoms with E-state index in [2.05, 4.69) is 20.8 Å². The lowest BCUT2D eigenvalue weighted by atomic mass is 9.46. The van der Waals surface area contributed by atoms with Gasteiger partial charge in [0.2, 0.25) is 0 Å². The molecule has 0 aromatic carbocycles. The molecular weight excluding hydrogens is 360 g/mol. The fourth-order valence-corrected chi connectivity index (χ4v) is 7.82. The van der Waals surface area contributed by atoms with Gasteiger partial charge in [0.15, 0.2) is 11.6 Å². The zero-order chi connectivity index (χ0) is 20.6. The SMILES string of the molecule is CCCCCOCC(=O)[C@H]1CC[C@H]2[C@@H]3CCC4=CC(=O)CC[C@]4(C)[C@H]3CC[C@]12C. The van der Waals surface area contributed by atoms with E-state index < -0.39 is 0 Å². The maximum absolute atomic E-state index is 13.1. The van der Waals surface area contributed by atoms with Crippen LogP contribution in [0.2, 0.25) is 0 Å². The first-order valence-corrected chi connectivity index (χ1v) is 12.2. The van der Waals surface area contributed by atoms with Crippen LogP contribution in [0.15, 0.2) is 11.6 Å². The summed E-state index contributed by atoms with van der Waals surface area (Å²) in [6, 6.07) is 0. The van der Waals surface area contributed by atoms with Crippen LogP contribution in [0.4, 0.5) is 0 Å². The molecule has 0 aromatic heterocycles. The van der Waals surface area contributed by atoms with Crippen molar-refractivity contribution in [2.24, 2.45) is 34.5 Å². The number of ketones is 2. The summed E-state index contributed by atoms with van der Waals surface area (Å²) in [7, 11) is 0. The minimum atomic E-state index is 0.160. The summed E-state index contributed by atoms with van der Waals surface area (Å²) in [5.41, 5.74) is 1.82. The number of rotatable bonds is 7. The number of hydrogen-bond donors (Lipinski definition) is 0. The number of carbonyl (C=O) groups is 2. The lowest BCUT2D eigenvalue weighted by Gasteiger charge is -2.58. The average Bonchev–Trinajstić information content (AvgIpc) is 3.05. The summed E-state index contributed by atoms with van der Waals surface area (Å²) < 4.78 is 5.75. The summed E-state index contributed by atoms with van der Waals surface area (Å²) in [4.78, 5) is 25.0. The van der Waals surface area contributed by atoms with E-state index in [0.29, 0.717) is 30.0 Å². The van der Waals surface area contributed by atoms with Crippen molar-refractivity contribution in [3.05, 3.63) is 11.6 Å². The van der Waals surface area contributed by atoms with Gasteiger partial charge in [-0.15, -0.1) is 0 Å². The minimum Gasteiger partial charge on any atom is -0.374 e. The Bertz CT molecular complexity index is 679. The maximum Gasteiger partial charge on any atom is 0.162 e. The van der Waals surface area contributed by atoms with E-state index in [-0.39, 0.29) is 16.7 Å². The Morgan fingerprint density at radius 2 is 1.90 bits per heavy atom. The van der Waals surface area contributed by atoms with Gasteiger partial charge in [-0.3, -0.25) is 9.59 Å². The van der Waals surface area contributed by atoms with Gasteiger partial charge >= 0.3 is 0 Å². The van der Waals surface area contributed by atoms with E-state index in [1.165, 1.54) is 44.1 Å². The van der Waals surface area contributed by atoms with Crippen molar-refractivity contribution < 1.29 is 14.3 Å². The second-order valence-corrected chi connectivity index (χ2v) is 10.9. The molecule has 29 heavy (non-hydrogen) atoms. The molecule has 0 N–H and O–H groups in total. The van der Waals surface area contributed by atoms with Crippen molar-refractivity contribution in [1.82, 2.24) is 0 Å². The predicted molar refractivity (Wildman–Crippen MR) is 116 cm³/mol. The van der Waals surface area contributed by atoms with E-state index in [9.17, 15) is 9.59 Å². The second-order valence-electron chi connectivity index (χ2n) is 10.9. The van der Waals surface area contributed by atoms with Crippen LogP contribution in [0.3, 0.4) is 0 Å². The summed E-state index contributed by atoms with van der Waals surface area (Å²) >= 11 is 0. The highest BCUT2D eigenvalue weighted by Crippen LogP contribution is 2.66. The summed E-state index contributed by atoms with van der Waals surface area (Å²) in [5, 5.41) is 0. The molecule has 3 heteroatoms. The molecular formula is C26H40O3. The number of Topliss-reactive ketones (excluding diaryl/α,β-unsaturated/α-hetero) is 1. The Labute approximate surface area is 177 Å². The first-order chi connectivity index (χ1) is 13.9. The molecule has 0 heterocycles. The van der Waals surface area contributed by atoms with Crippen LogP contribution in [0.25, 0.3) is 0 Å². The van der Waals surface area contributed by atoms with Crippen molar-refractivity contribution in [1.29, 1.82) is 0 Å². The smallest absolute Gasteiger partial charge is 0.162 e. The minimum absolute atomic E-state index is 0.160. The van der Waals surface area contributed by atoms with Crippen LogP contribution in [0, 0.1) is 34.5 Å². The van der Waals surface area contributed by atoms with Crippen molar-refractivity contribution >= 4 is 11.6 Å². The fraction of sp³-hybridized carbons (Fsp3) is 0.846. The lowest BCUT2D eigenvalue weighted by molar-refractivity contribution is -0.135. The van der Waals surface area contributed by atoms with Gasteiger partial charge in [-0.2, -0.15) is 0 Å². The zero-order valence-corrected chi connectivity index (χ0v) is 18.8. The zero-order valence-electron chi connectivity index (χ0n) is 18.8. The molecule has 0 spiro atoms. The molecule has 0 bridgehead atoms. The van der Waals surface area contributed by atoms with Gasteiger partial charge in [-0.05, 0) is 86.0 Å². The van der Waals surface area contributed by atoms with Gasteiger partial charge in [-0.1, -0.05) is 39.2 Å². The number of ether oxygens (including phenoxy) is 1. The molecule has 0 saturated heterocycles. The Morgan fingerprint density at radius 3 is 2.69 bits per heavy atom. The Hall–Kier alpha value is -0.960. The average molecular weight is 401 g/mol. The first kappa shape index (κ1) is 21.3. The van der Waals surface area contributed by atoms with Crippen LogP contribution in [0.5, 0.6) is 0 Å². The molecule has 3 saturated carbocycles. The van der Waals surface area contributed by atoms with E-state index in [4.69, 9.17) is 4.74 Å². The molecule has 0 amide bonds. The molecule has 4 aliphatic carbocycles. The molecule has 162 valence electrons. The summed E-state index contributed by atoms with van der Waals surface area (Å²) in [5.74, 6) is 2.99. The highest BCUT2D eigenvalue weighted by atomic mass is 16.5. The number of fused-ring (bicyclic) bond motifs is 5. The molecule has 3 nitrogen and oxygen atoms in total. The monoisotopic (exact) mass is 400 g/mol. The van der Waals surface area contributed by atoms with E-state index in [1.54, 1.807) is 0 Å². The Balaban J connectivity index is 1.44. The summed E-state index contributed by atoms with van der Waals surface area (Å²) in [6.07, 6.45) is 14.1. The largest absolute Gasteiger partial charge is 0.374 e. The van der Waals surface area contributed by atoms with Crippen LogP contribution in [-0.2, 0) is 14.3 Å². The van der Waals surface area contributed by atoms with E-state index in [0.717, 1.165) is 44.6 Å². The van der Waals surface area contributed by atoms with Gasteiger partial charge in [-0.25, -0.2) is 0 Å². The molecule has 0 unspecified atom stereocenters. The maximum atomic E-state index is 13.1. The highest BCUT2D eigenvalue weighted by molar-refractivity contribution is 5.91. The number of carbonyl (C=O) groups excluding carboxylic acids is 2. The summed E-state index contributed by atoms with van der Waals surface area (Å²) in [6.45, 7) is 8.09.